The van der Waals surface area contributed by atoms with Crippen LogP contribution in [0.15, 0.2) is 94.3 Å². The molecule has 5 heteroatoms. The number of hydrogen-bond acceptors (Lipinski definition) is 3. The molecule has 0 bridgehead atoms. The quantitative estimate of drug-likeness (QED) is 0.242. The zero-order chi connectivity index (χ0) is 20.9. The predicted molar refractivity (Wildman–Crippen MR) is 131 cm³/mol. The molecule has 0 spiro atoms. The SMILES string of the molecule is N=C(N=C(N)c1ccccc1)c1ccc2oc3ccc4sc5ccccc5c4c3c2c1. The molecule has 0 saturated carbocycles. The van der Waals surface area contributed by atoms with Gasteiger partial charge in [0.2, 0.25) is 0 Å². The fourth-order valence-electron chi connectivity index (χ4n) is 4.09. The third-order valence-electron chi connectivity index (χ3n) is 5.55. The number of benzene rings is 4. The average molecular weight is 420 g/mol. The smallest absolute Gasteiger partial charge is 0.154 e. The van der Waals surface area contributed by atoms with Crippen LogP contribution in [0.3, 0.4) is 0 Å². The van der Waals surface area contributed by atoms with E-state index in [0.29, 0.717) is 11.4 Å². The van der Waals surface area contributed by atoms with Crippen molar-refractivity contribution < 1.29 is 4.42 Å². The van der Waals surface area contributed by atoms with Crippen LogP contribution in [0, 0.1) is 5.41 Å². The fraction of sp³-hybridized carbons (Fsp3) is 0. The molecule has 148 valence electrons. The Kier molecular flexibility index (Phi) is 3.91. The number of hydrogen-bond donors (Lipinski definition) is 2. The zero-order valence-electron chi connectivity index (χ0n) is 16.4. The largest absolute Gasteiger partial charge is 0.456 e. The molecule has 3 N–H and O–H groups in total. The summed E-state index contributed by atoms with van der Waals surface area (Å²) in [5.41, 5.74) is 9.28. The van der Waals surface area contributed by atoms with Crippen LogP contribution in [-0.4, -0.2) is 11.7 Å². The zero-order valence-corrected chi connectivity index (χ0v) is 17.2. The molecule has 0 unspecified atom stereocenters. The Hall–Kier alpha value is -3.96. The maximum atomic E-state index is 8.51. The van der Waals surface area contributed by atoms with E-state index in [1.165, 1.54) is 20.2 Å². The molecule has 0 radical (unpaired) electrons. The monoisotopic (exact) mass is 419 g/mol. The normalized spacial score (nSPS) is 12.3. The first-order valence-corrected chi connectivity index (χ1v) is 10.8. The summed E-state index contributed by atoms with van der Waals surface area (Å²) in [6.07, 6.45) is 0. The highest BCUT2D eigenvalue weighted by molar-refractivity contribution is 7.26. The molecular weight excluding hydrogens is 402 g/mol. The van der Waals surface area contributed by atoms with Gasteiger partial charge in [0.05, 0.1) is 0 Å². The van der Waals surface area contributed by atoms with E-state index < -0.39 is 0 Å². The van der Waals surface area contributed by atoms with Crippen LogP contribution in [0.5, 0.6) is 0 Å². The first kappa shape index (κ1) is 17.9. The van der Waals surface area contributed by atoms with Gasteiger partial charge in [-0.1, -0.05) is 48.5 Å². The Labute approximate surface area is 181 Å². The third kappa shape index (κ3) is 2.82. The van der Waals surface area contributed by atoms with Crippen molar-refractivity contribution in [3.63, 3.8) is 0 Å². The number of nitrogens with one attached hydrogen (secondary N) is 1. The molecule has 0 aliphatic carbocycles. The van der Waals surface area contributed by atoms with Crippen molar-refractivity contribution >= 4 is 65.1 Å². The van der Waals surface area contributed by atoms with E-state index in [1.54, 1.807) is 11.3 Å². The number of amidine groups is 2. The van der Waals surface area contributed by atoms with Crippen molar-refractivity contribution in [3.05, 3.63) is 96.1 Å². The summed E-state index contributed by atoms with van der Waals surface area (Å²) in [5, 5.41) is 13.0. The van der Waals surface area contributed by atoms with E-state index in [0.717, 1.165) is 27.5 Å². The first-order valence-electron chi connectivity index (χ1n) is 9.94. The minimum absolute atomic E-state index is 0.125. The number of fused-ring (bicyclic) bond motifs is 7. The Bertz CT molecular complexity index is 1660. The number of aliphatic imine (C=N–C) groups is 1. The van der Waals surface area contributed by atoms with Crippen molar-refractivity contribution in [2.24, 2.45) is 10.7 Å². The molecule has 31 heavy (non-hydrogen) atoms. The second-order valence-electron chi connectivity index (χ2n) is 7.43. The number of furan rings is 1. The van der Waals surface area contributed by atoms with Gasteiger partial charge in [-0.3, -0.25) is 5.41 Å². The second kappa shape index (κ2) is 6.79. The van der Waals surface area contributed by atoms with Gasteiger partial charge in [-0.05, 0) is 36.4 Å². The van der Waals surface area contributed by atoms with Gasteiger partial charge in [-0.15, -0.1) is 11.3 Å². The van der Waals surface area contributed by atoms with Gasteiger partial charge in [0.25, 0.3) is 0 Å². The molecule has 4 nitrogen and oxygen atoms in total. The van der Waals surface area contributed by atoms with E-state index in [4.69, 9.17) is 15.6 Å². The first-order chi connectivity index (χ1) is 15.2. The maximum absolute atomic E-state index is 8.51. The van der Waals surface area contributed by atoms with Gasteiger partial charge >= 0.3 is 0 Å². The highest BCUT2D eigenvalue weighted by atomic mass is 32.1. The van der Waals surface area contributed by atoms with Gasteiger partial charge in [0.1, 0.15) is 17.0 Å². The van der Waals surface area contributed by atoms with Crippen molar-refractivity contribution in [2.45, 2.75) is 0 Å². The third-order valence-corrected chi connectivity index (χ3v) is 6.69. The topological polar surface area (TPSA) is 75.4 Å². The van der Waals surface area contributed by atoms with Crippen molar-refractivity contribution in [2.75, 3.05) is 0 Å². The lowest BCUT2D eigenvalue weighted by atomic mass is 10.0. The summed E-state index contributed by atoms with van der Waals surface area (Å²) >= 11 is 1.78. The fourth-order valence-corrected chi connectivity index (χ4v) is 5.20. The van der Waals surface area contributed by atoms with Crippen molar-refractivity contribution in [3.8, 4) is 0 Å². The van der Waals surface area contributed by atoms with Crippen molar-refractivity contribution in [1.82, 2.24) is 0 Å². The van der Waals surface area contributed by atoms with Crippen LogP contribution in [0.1, 0.15) is 11.1 Å². The molecule has 0 amide bonds. The number of rotatable bonds is 2. The lowest BCUT2D eigenvalue weighted by Crippen LogP contribution is -2.15. The lowest BCUT2D eigenvalue weighted by Gasteiger charge is -2.03. The van der Waals surface area contributed by atoms with E-state index in [-0.39, 0.29) is 5.84 Å². The molecule has 6 aromatic rings. The summed E-state index contributed by atoms with van der Waals surface area (Å²) in [6, 6.07) is 27.9. The maximum Gasteiger partial charge on any atom is 0.154 e. The molecule has 2 heterocycles. The molecule has 4 aromatic carbocycles. The Morgan fingerprint density at radius 1 is 0.742 bits per heavy atom. The Morgan fingerprint density at radius 2 is 1.52 bits per heavy atom. The molecule has 6 rings (SSSR count). The molecule has 0 saturated heterocycles. The van der Waals surface area contributed by atoms with Gasteiger partial charge in [0.15, 0.2) is 5.84 Å². The van der Waals surface area contributed by atoms with Crippen LogP contribution in [0.2, 0.25) is 0 Å². The number of nitrogens with two attached hydrogens (primary N) is 1. The molecular formula is C26H17N3OS. The number of nitrogens with zero attached hydrogens (tertiary/aromatic N) is 1. The van der Waals surface area contributed by atoms with Crippen LogP contribution in [0.25, 0.3) is 42.1 Å². The molecule has 0 atom stereocenters. The Balaban J connectivity index is 1.56. The van der Waals surface area contributed by atoms with E-state index >= 15 is 0 Å². The molecule has 0 fully saturated rings. The summed E-state index contributed by atoms with van der Waals surface area (Å²) in [4.78, 5) is 4.34. The van der Waals surface area contributed by atoms with Crippen LogP contribution in [-0.2, 0) is 0 Å². The molecule has 2 aromatic heterocycles. The summed E-state index contributed by atoms with van der Waals surface area (Å²) in [7, 11) is 0. The van der Waals surface area contributed by atoms with Crippen molar-refractivity contribution in [1.29, 1.82) is 5.41 Å². The van der Waals surface area contributed by atoms with Gasteiger partial charge < -0.3 is 10.2 Å². The van der Waals surface area contributed by atoms with Crippen LogP contribution >= 0.6 is 11.3 Å². The van der Waals surface area contributed by atoms with Crippen LogP contribution < -0.4 is 5.73 Å². The minimum Gasteiger partial charge on any atom is -0.456 e. The van der Waals surface area contributed by atoms with E-state index in [2.05, 4.69) is 35.3 Å². The highest BCUT2D eigenvalue weighted by Gasteiger charge is 2.16. The second-order valence-corrected chi connectivity index (χ2v) is 8.52. The lowest BCUT2D eigenvalue weighted by molar-refractivity contribution is 0.669. The Morgan fingerprint density at radius 3 is 2.39 bits per heavy atom. The molecule has 0 aliphatic heterocycles. The minimum atomic E-state index is 0.125. The highest BCUT2D eigenvalue weighted by Crippen LogP contribution is 2.42. The average Bonchev–Trinajstić information content (AvgIpc) is 3.36. The standard InChI is InChI=1S/C26H17N3OS/c27-25(15-6-2-1-3-7-15)29-26(28)16-10-11-19-18(14-16)23-20(30-19)12-13-22-24(23)17-8-4-5-9-21(17)31-22/h1-14H,(H3,27,28,29). The van der Waals surface area contributed by atoms with Gasteiger partial charge in [0, 0.05) is 42.1 Å². The summed E-state index contributed by atoms with van der Waals surface area (Å²) in [6.45, 7) is 0. The molecule has 0 aliphatic rings. The summed E-state index contributed by atoms with van der Waals surface area (Å²) < 4.78 is 8.62. The van der Waals surface area contributed by atoms with Crippen LogP contribution in [0.4, 0.5) is 0 Å². The summed E-state index contributed by atoms with van der Waals surface area (Å²) in [5.74, 6) is 0.453. The number of thiophene rings is 1. The van der Waals surface area contributed by atoms with Gasteiger partial charge in [-0.2, -0.15) is 0 Å². The van der Waals surface area contributed by atoms with Gasteiger partial charge in [-0.25, -0.2) is 4.99 Å². The van der Waals surface area contributed by atoms with E-state index in [1.807, 2.05) is 54.6 Å². The van der Waals surface area contributed by atoms with E-state index in [9.17, 15) is 0 Å². The predicted octanol–water partition coefficient (Wildman–Crippen LogP) is 6.68.